The summed E-state index contributed by atoms with van der Waals surface area (Å²) in [5.41, 5.74) is 1.29. The number of rotatable bonds is 6. The van der Waals surface area contributed by atoms with Crippen molar-refractivity contribution >= 4 is 29.5 Å². The van der Waals surface area contributed by atoms with Gasteiger partial charge in [0, 0.05) is 18.7 Å². The summed E-state index contributed by atoms with van der Waals surface area (Å²) in [6.07, 6.45) is -1.13. The molecule has 8 heteroatoms. The van der Waals surface area contributed by atoms with Gasteiger partial charge in [-0.05, 0) is 38.5 Å². The highest BCUT2D eigenvalue weighted by Crippen LogP contribution is 2.10. The fourth-order valence-electron chi connectivity index (χ4n) is 1.88. The van der Waals surface area contributed by atoms with Crippen molar-refractivity contribution in [1.82, 2.24) is 10.6 Å². The predicted octanol–water partition coefficient (Wildman–Crippen LogP) is 1.35. The van der Waals surface area contributed by atoms with Gasteiger partial charge in [-0.25, -0.2) is 4.79 Å². The van der Waals surface area contributed by atoms with E-state index >= 15 is 0 Å². The Bertz CT molecular complexity index is 640. The minimum atomic E-state index is -1.09. The molecule has 0 fully saturated rings. The van der Waals surface area contributed by atoms with Crippen molar-refractivity contribution in [1.29, 1.82) is 0 Å². The molecule has 0 aliphatic carbocycles. The third-order valence-corrected chi connectivity index (χ3v) is 2.96. The normalized spacial score (nSPS) is 11.4. The molecule has 0 radical (unpaired) electrons. The summed E-state index contributed by atoms with van der Waals surface area (Å²) >= 11 is 0. The fourth-order valence-corrected chi connectivity index (χ4v) is 1.88. The van der Waals surface area contributed by atoms with Crippen LogP contribution in [0.1, 0.15) is 33.3 Å². The van der Waals surface area contributed by atoms with Crippen molar-refractivity contribution in [2.75, 3.05) is 5.32 Å². The highest BCUT2D eigenvalue weighted by Gasteiger charge is 2.20. The molecule has 1 rings (SSSR count). The lowest BCUT2D eigenvalue weighted by molar-refractivity contribution is -0.153. The largest absolute Gasteiger partial charge is 0.452 e. The second kappa shape index (κ2) is 9.41. The van der Waals surface area contributed by atoms with Gasteiger partial charge < -0.3 is 15.4 Å². The molecule has 1 atom stereocenters. The number of benzene rings is 1. The molecular weight excluding hydrogens is 326 g/mol. The Labute approximate surface area is 146 Å². The molecular formula is C17H23N3O5. The standard InChI is InChI=1S/C17H23N3O5/c1-10(2)18-17(24)20-16(23)11(3)25-15(22)9-13-5-7-14(8-6-13)19-12(4)21/h5-8,10-11H,9H2,1-4H3,(H,19,21)(H2,18,20,23,24)/t11-/m0/s1. The van der Waals surface area contributed by atoms with E-state index in [1.807, 2.05) is 0 Å². The summed E-state index contributed by atoms with van der Waals surface area (Å²) in [6, 6.07) is 5.91. The lowest BCUT2D eigenvalue weighted by atomic mass is 10.1. The van der Waals surface area contributed by atoms with E-state index in [0.29, 0.717) is 11.3 Å². The molecule has 0 aromatic heterocycles. The SMILES string of the molecule is CC(=O)Nc1ccc(CC(=O)O[C@@H](C)C(=O)NC(=O)NC(C)C)cc1. The second-order valence-electron chi connectivity index (χ2n) is 5.80. The zero-order valence-corrected chi connectivity index (χ0v) is 14.7. The van der Waals surface area contributed by atoms with Crippen LogP contribution in [-0.2, 0) is 25.5 Å². The quantitative estimate of drug-likeness (QED) is 0.671. The van der Waals surface area contributed by atoms with Crippen molar-refractivity contribution in [2.24, 2.45) is 0 Å². The minimum Gasteiger partial charge on any atom is -0.452 e. The van der Waals surface area contributed by atoms with Gasteiger partial charge in [-0.15, -0.1) is 0 Å². The Morgan fingerprint density at radius 1 is 1.04 bits per heavy atom. The van der Waals surface area contributed by atoms with Gasteiger partial charge in [-0.3, -0.25) is 19.7 Å². The summed E-state index contributed by atoms with van der Waals surface area (Å²) in [5.74, 6) is -1.49. The van der Waals surface area contributed by atoms with E-state index in [2.05, 4.69) is 16.0 Å². The van der Waals surface area contributed by atoms with Gasteiger partial charge in [0.25, 0.3) is 5.91 Å². The van der Waals surface area contributed by atoms with Crippen LogP contribution in [-0.4, -0.2) is 36.0 Å². The van der Waals surface area contributed by atoms with Gasteiger partial charge in [0.2, 0.25) is 5.91 Å². The number of imide groups is 1. The molecule has 0 spiro atoms. The number of amides is 4. The molecule has 0 aliphatic heterocycles. The van der Waals surface area contributed by atoms with Crippen molar-refractivity contribution in [3.05, 3.63) is 29.8 Å². The number of ether oxygens (including phenoxy) is 1. The highest BCUT2D eigenvalue weighted by atomic mass is 16.5. The van der Waals surface area contributed by atoms with Gasteiger partial charge in [-0.1, -0.05) is 12.1 Å². The van der Waals surface area contributed by atoms with Gasteiger partial charge in [0.1, 0.15) is 0 Å². The monoisotopic (exact) mass is 349 g/mol. The topological polar surface area (TPSA) is 114 Å². The Balaban J connectivity index is 2.48. The van der Waals surface area contributed by atoms with Crippen molar-refractivity contribution in [3.8, 4) is 0 Å². The Hall–Kier alpha value is -2.90. The maximum Gasteiger partial charge on any atom is 0.321 e. The predicted molar refractivity (Wildman–Crippen MR) is 91.8 cm³/mol. The third kappa shape index (κ3) is 7.96. The molecule has 3 N–H and O–H groups in total. The Morgan fingerprint density at radius 2 is 1.64 bits per heavy atom. The summed E-state index contributed by atoms with van der Waals surface area (Å²) < 4.78 is 5.02. The van der Waals surface area contributed by atoms with E-state index < -0.39 is 24.0 Å². The van der Waals surface area contributed by atoms with Gasteiger partial charge in [0.05, 0.1) is 6.42 Å². The molecule has 8 nitrogen and oxygen atoms in total. The van der Waals surface area contributed by atoms with E-state index in [1.54, 1.807) is 38.1 Å². The maximum absolute atomic E-state index is 11.9. The van der Waals surface area contributed by atoms with E-state index in [0.717, 1.165) is 0 Å². The van der Waals surface area contributed by atoms with Crippen LogP contribution < -0.4 is 16.0 Å². The first-order valence-electron chi connectivity index (χ1n) is 7.84. The van der Waals surface area contributed by atoms with Crippen LogP contribution in [0, 0.1) is 0 Å². The van der Waals surface area contributed by atoms with Gasteiger partial charge in [-0.2, -0.15) is 0 Å². The molecule has 0 heterocycles. The smallest absolute Gasteiger partial charge is 0.321 e. The van der Waals surface area contributed by atoms with E-state index in [-0.39, 0.29) is 18.4 Å². The van der Waals surface area contributed by atoms with E-state index in [4.69, 9.17) is 4.74 Å². The van der Waals surface area contributed by atoms with Crippen LogP contribution in [0.2, 0.25) is 0 Å². The molecule has 25 heavy (non-hydrogen) atoms. The lowest BCUT2D eigenvalue weighted by Crippen LogP contribution is -2.46. The fraction of sp³-hybridized carbons (Fsp3) is 0.412. The molecule has 1 aromatic carbocycles. The molecule has 0 aliphatic rings. The summed E-state index contributed by atoms with van der Waals surface area (Å²) in [6.45, 7) is 6.30. The number of anilines is 1. The zero-order valence-electron chi connectivity index (χ0n) is 14.7. The van der Waals surface area contributed by atoms with Gasteiger partial charge >= 0.3 is 12.0 Å². The lowest BCUT2D eigenvalue weighted by Gasteiger charge is -2.14. The van der Waals surface area contributed by atoms with Crippen molar-refractivity contribution < 1.29 is 23.9 Å². The van der Waals surface area contributed by atoms with Crippen LogP contribution in [0.4, 0.5) is 10.5 Å². The van der Waals surface area contributed by atoms with Crippen molar-refractivity contribution in [3.63, 3.8) is 0 Å². The second-order valence-corrected chi connectivity index (χ2v) is 5.80. The first-order valence-corrected chi connectivity index (χ1v) is 7.84. The molecule has 0 saturated carbocycles. The molecule has 0 bridgehead atoms. The van der Waals surface area contributed by atoms with Crippen LogP contribution in [0.25, 0.3) is 0 Å². The van der Waals surface area contributed by atoms with Crippen LogP contribution in [0.3, 0.4) is 0 Å². The average Bonchev–Trinajstić information content (AvgIpc) is 2.47. The van der Waals surface area contributed by atoms with Crippen LogP contribution in [0.5, 0.6) is 0 Å². The first-order chi connectivity index (χ1) is 11.7. The molecule has 0 saturated heterocycles. The number of nitrogens with one attached hydrogen (secondary N) is 3. The molecule has 0 unspecified atom stereocenters. The number of hydrogen-bond donors (Lipinski definition) is 3. The van der Waals surface area contributed by atoms with E-state index in [1.165, 1.54) is 13.8 Å². The summed E-state index contributed by atoms with van der Waals surface area (Å²) in [5, 5.41) is 7.22. The maximum atomic E-state index is 11.9. The van der Waals surface area contributed by atoms with Crippen molar-refractivity contribution in [2.45, 2.75) is 46.3 Å². The van der Waals surface area contributed by atoms with Crippen LogP contribution >= 0.6 is 0 Å². The Kier molecular flexibility index (Phi) is 7.58. The number of carbonyl (C=O) groups is 4. The van der Waals surface area contributed by atoms with Gasteiger partial charge in [0.15, 0.2) is 6.10 Å². The molecule has 136 valence electrons. The third-order valence-electron chi connectivity index (χ3n) is 2.96. The zero-order chi connectivity index (χ0) is 19.0. The Morgan fingerprint density at radius 3 is 2.16 bits per heavy atom. The minimum absolute atomic E-state index is 0.0316. The number of urea groups is 1. The average molecular weight is 349 g/mol. The number of hydrogen-bond acceptors (Lipinski definition) is 5. The molecule has 4 amide bonds. The first kappa shape index (κ1) is 20.1. The summed E-state index contributed by atoms with van der Waals surface area (Å²) in [4.78, 5) is 46.0. The van der Waals surface area contributed by atoms with E-state index in [9.17, 15) is 19.2 Å². The van der Waals surface area contributed by atoms with Crippen LogP contribution in [0.15, 0.2) is 24.3 Å². The number of carbonyl (C=O) groups excluding carboxylic acids is 4. The highest BCUT2D eigenvalue weighted by molar-refractivity contribution is 5.97. The summed E-state index contributed by atoms with van der Waals surface area (Å²) in [7, 11) is 0. The number of esters is 1. The molecule has 1 aromatic rings.